The summed E-state index contributed by atoms with van der Waals surface area (Å²) in [5.74, 6) is -0.0595. The predicted molar refractivity (Wildman–Crippen MR) is 60.5 cm³/mol. The Hall–Kier alpha value is -1.88. The zero-order valence-electron chi connectivity index (χ0n) is 8.86. The zero-order valence-corrected chi connectivity index (χ0v) is 8.86. The molecule has 0 fully saturated rings. The molecule has 1 aromatic carbocycles. The third kappa shape index (κ3) is 1.82. The number of benzene rings is 1. The van der Waals surface area contributed by atoms with Gasteiger partial charge in [-0.15, -0.1) is 0 Å². The van der Waals surface area contributed by atoms with Gasteiger partial charge < -0.3 is 0 Å². The molecule has 0 bridgehead atoms. The van der Waals surface area contributed by atoms with Crippen molar-refractivity contribution in [1.29, 1.82) is 5.26 Å². The molecule has 0 spiro atoms. The maximum atomic E-state index is 8.84. The highest BCUT2D eigenvalue weighted by Crippen LogP contribution is 2.20. The number of rotatable bonds is 1. The number of fused-ring (bicyclic) bond motifs is 1. The average molecular weight is 196 g/mol. The standard InChI is InChI=1S/C13H12N2/c1-9(8-14)11-5-6-13-12(7-11)4-3-10(2)15-13/h3-7,9H,1-2H3. The quantitative estimate of drug-likeness (QED) is 0.702. The van der Waals surface area contributed by atoms with Crippen LogP contribution in [-0.4, -0.2) is 4.98 Å². The lowest BCUT2D eigenvalue weighted by molar-refractivity contribution is 0.984. The van der Waals surface area contributed by atoms with Crippen LogP contribution in [0.3, 0.4) is 0 Å². The van der Waals surface area contributed by atoms with Crippen molar-refractivity contribution in [1.82, 2.24) is 4.98 Å². The molecule has 15 heavy (non-hydrogen) atoms. The second-order valence-electron chi connectivity index (χ2n) is 3.76. The lowest BCUT2D eigenvalue weighted by atomic mass is 10.0. The molecule has 0 aliphatic carbocycles. The fourth-order valence-corrected chi connectivity index (χ4v) is 1.59. The second kappa shape index (κ2) is 3.70. The molecule has 0 aliphatic rings. The van der Waals surface area contributed by atoms with Gasteiger partial charge in [-0.2, -0.15) is 5.26 Å². The van der Waals surface area contributed by atoms with Crippen molar-refractivity contribution in [2.75, 3.05) is 0 Å². The lowest BCUT2D eigenvalue weighted by Crippen LogP contribution is -1.90. The predicted octanol–water partition coefficient (Wildman–Crippen LogP) is 3.17. The zero-order chi connectivity index (χ0) is 10.8. The van der Waals surface area contributed by atoms with Gasteiger partial charge in [0.1, 0.15) is 0 Å². The minimum absolute atomic E-state index is 0.0595. The molecular formula is C13H12N2. The van der Waals surface area contributed by atoms with Crippen LogP contribution < -0.4 is 0 Å². The van der Waals surface area contributed by atoms with Crippen molar-refractivity contribution < 1.29 is 0 Å². The Kier molecular flexibility index (Phi) is 2.39. The van der Waals surface area contributed by atoms with Gasteiger partial charge in [0.15, 0.2) is 0 Å². The molecule has 0 radical (unpaired) electrons. The van der Waals surface area contributed by atoms with Crippen molar-refractivity contribution in [3.63, 3.8) is 0 Å². The van der Waals surface area contributed by atoms with Crippen LogP contribution in [0.5, 0.6) is 0 Å². The first kappa shape index (κ1) is 9.67. The van der Waals surface area contributed by atoms with Crippen LogP contribution in [0.4, 0.5) is 0 Å². The van der Waals surface area contributed by atoms with E-state index in [4.69, 9.17) is 5.26 Å². The number of aromatic nitrogens is 1. The minimum Gasteiger partial charge on any atom is -0.253 e. The van der Waals surface area contributed by atoms with E-state index < -0.39 is 0 Å². The molecule has 0 saturated carbocycles. The summed E-state index contributed by atoms with van der Waals surface area (Å²) in [6, 6.07) is 12.3. The normalized spacial score (nSPS) is 12.3. The Morgan fingerprint density at radius 3 is 2.80 bits per heavy atom. The van der Waals surface area contributed by atoms with E-state index in [1.807, 2.05) is 44.2 Å². The molecule has 1 aromatic heterocycles. The Morgan fingerprint density at radius 2 is 2.07 bits per heavy atom. The summed E-state index contributed by atoms with van der Waals surface area (Å²) in [6.07, 6.45) is 0. The average Bonchev–Trinajstić information content (AvgIpc) is 2.27. The summed E-state index contributed by atoms with van der Waals surface area (Å²) < 4.78 is 0. The highest BCUT2D eigenvalue weighted by atomic mass is 14.7. The molecule has 74 valence electrons. The van der Waals surface area contributed by atoms with E-state index in [1.165, 1.54) is 0 Å². The molecule has 1 heterocycles. The monoisotopic (exact) mass is 196 g/mol. The van der Waals surface area contributed by atoms with E-state index >= 15 is 0 Å². The second-order valence-corrected chi connectivity index (χ2v) is 3.76. The third-order valence-corrected chi connectivity index (χ3v) is 2.55. The summed E-state index contributed by atoms with van der Waals surface area (Å²) >= 11 is 0. The van der Waals surface area contributed by atoms with Crippen LogP contribution in [0.2, 0.25) is 0 Å². The largest absolute Gasteiger partial charge is 0.253 e. The Labute approximate surface area is 89.2 Å². The first-order chi connectivity index (χ1) is 7.20. The van der Waals surface area contributed by atoms with Crippen molar-refractivity contribution in [2.24, 2.45) is 0 Å². The van der Waals surface area contributed by atoms with Crippen molar-refractivity contribution in [2.45, 2.75) is 19.8 Å². The smallest absolute Gasteiger partial charge is 0.0705 e. The highest BCUT2D eigenvalue weighted by Gasteiger charge is 2.04. The van der Waals surface area contributed by atoms with Gasteiger partial charge in [-0.3, -0.25) is 4.98 Å². The van der Waals surface area contributed by atoms with E-state index in [-0.39, 0.29) is 5.92 Å². The number of pyridine rings is 1. The number of nitriles is 1. The first-order valence-electron chi connectivity index (χ1n) is 4.97. The number of hydrogen-bond acceptors (Lipinski definition) is 2. The van der Waals surface area contributed by atoms with Gasteiger partial charge in [-0.1, -0.05) is 12.1 Å². The summed E-state index contributed by atoms with van der Waals surface area (Å²) in [5.41, 5.74) is 3.06. The van der Waals surface area contributed by atoms with E-state index in [0.717, 1.165) is 22.2 Å². The van der Waals surface area contributed by atoms with E-state index in [9.17, 15) is 0 Å². The Morgan fingerprint density at radius 1 is 1.27 bits per heavy atom. The number of nitrogens with zero attached hydrogens (tertiary/aromatic N) is 2. The molecule has 2 heteroatoms. The SMILES string of the molecule is Cc1ccc2cc(C(C)C#N)ccc2n1. The molecule has 0 N–H and O–H groups in total. The molecule has 0 saturated heterocycles. The summed E-state index contributed by atoms with van der Waals surface area (Å²) in [7, 11) is 0. The van der Waals surface area contributed by atoms with Crippen LogP contribution in [0.25, 0.3) is 10.9 Å². The number of aryl methyl sites for hydroxylation is 1. The maximum absolute atomic E-state index is 8.84. The van der Waals surface area contributed by atoms with Crippen LogP contribution in [0, 0.1) is 18.3 Å². The molecule has 0 amide bonds. The van der Waals surface area contributed by atoms with Gasteiger partial charge in [-0.25, -0.2) is 0 Å². The van der Waals surface area contributed by atoms with Gasteiger partial charge in [0, 0.05) is 11.1 Å². The topological polar surface area (TPSA) is 36.7 Å². The fraction of sp³-hybridized carbons (Fsp3) is 0.231. The first-order valence-corrected chi connectivity index (χ1v) is 4.97. The molecular weight excluding hydrogens is 184 g/mol. The lowest BCUT2D eigenvalue weighted by Gasteiger charge is -2.04. The van der Waals surface area contributed by atoms with Gasteiger partial charge in [0.05, 0.1) is 17.5 Å². The molecule has 1 atom stereocenters. The molecule has 2 aromatic rings. The van der Waals surface area contributed by atoms with E-state index in [1.54, 1.807) is 0 Å². The van der Waals surface area contributed by atoms with Crippen LogP contribution >= 0.6 is 0 Å². The Balaban J connectivity index is 2.58. The molecule has 2 nitrogen and oxygen atoms in total. The summed E-state index contributed by atoms with van der Waals surface area (Å²) in [5, 5.41) is 9.94. The maximum Gasteiger partial charge on any atom is 0.0705 e. The highest BCUT2D eigenvalue weighted by molar-refractivity contribution is 5.79. The van der Waals surface area contributed by atoms with E-state index in [0.29, 0.717) is 0 Å². The molecule has 1 unspecified atom stereocenters. The fourth-order valence-electron chi connectivity index (χ4n) is 1.59. The summed E-state index contributed by atoms with van der Waals surface area (Å²) in [6.45, 7) is 3.88. The van der Waals surface area contributed by atoms with Gasteiger partial charge >= 0.3 is 0 Å². The van der Waals surface area contributed by atoms with E-state index in [2.05, 4.69) is 11.1 Å². The Bertz CT molecular complexity index is 538. The van der Waals surface area contributed by atoms with Crippen LogP contribution in [0.15, 0.2) is 30.3 Å². The van der Waals surface area contributed by atoms with Gasteiger partial charge in [0.2, 0.25) is 0 Å². The number of hydrogen-bond donors (Lipinski definition) is 0. The van der Waals surface area contributed by atoms with Gasteiger partial charge in [-0.05, 0) is 37.6 Å². The van der Waals surface area contributed by atoms with Gasteiger partial charge in [0.25, 0.3) is 0 Å². The van der Waals surface area contributed by atoms with Crippen molar-refractivity contribution in [3.05, 3.63) is 41.6 Å². The minimum atomic E-state index is -0.0595. The summed E-state index contributed by atoms with van der Waals surface area (Å²) in [4.78, 5) is 4.42. The van der Waals surface area contributed by atoms with Crippen LogP contribution in [0.1, 0.15) is 24.1 Å². The van der Waals surface area contributed by atoms with Crippen LogP contribution in [-0.2, 0) is 0 Å². The van der Waals surface area contributed by atoms with Crippen molar-refractivity contribution in [3.8, 4) is 6.07 Å². The van der Waals surface area contributed by atoms with Crippen molar-refractivity contribution >= 4 is 10.9 Å². The third-order valence-electron chi connectivity index (χ3n) is 2.55. The molecule has 2 rings (SSSR count). The molecule has 0 aliphatic heterocycles.